The number of nitrogens with one attached hydrogen (secondary N) is 1. The van der Waals surface area contributed by atoms with Gasteiger partial charge in [-0.15, -0.1) is 5.10 Å². The molecule has 0 radical (unpaired) electrons. The number of aromatic nitrogens is 3. The number of rotatable bonds is 3. The first-order valence-electron chi connectivity index (χ1n) is 6.11. The fourth-order valence-electron chi connectivity index (χ4n) is 1.83. The van der Waals surface area contributed by atoms with Crippen molar-refractivity contribution in [1.82, 2.24) is 15.4 Å². The maximum atomic E-state index is 8.94. The number of nitriles is 1. The Morgan fingerprint density at radius 2 is 1.62 bits per heavy atom. The zero-order valence-electron chi connectivity index (χ0n) is 10.7. The molecule has 0 spiro atoms. The number of halogens is 1. The first-order valence-corrected chi connectivity index (χ1v) is 6.49. The molecule has 0 fully saturated rings. The van der Waals surface area contributed by atoms with Crippen LogP contribution in [0.5, 0.6) is 11.5 Å². The summed E-state index contributed by atoms with van der Waals surface area (Å²) in [5, 5.41) is 19.7. The van der Waals surface area contributed by atoms with Gasteiger partial charge in [-0.3, -0.25) is 0 Å². The summed E-state index contributed by atoms with van der Waals surface area (Å²) in [6.45, 7) is 0. The van der Waals surface area contributed by atoms with E-state index in [-0.39, 0.29) is 0 Å². The van der Waals surface area contributed by atoms with Crippen LogP contribution in [-0.4, -0.2) is 15.4 Å². The highest BCUT2D eigenvalue weighted by atomic mass is 35.5. The number of hydrogen-bond acceptors (Lipinski definition) is 4. The van der Waals surface area contributed by atoms with Crippen molar-refractivity contribution >= 4 is 11.6 Å². The van der Waals surface area contributed by atoms with Crippen molar-refractivity contribution in [3.8, 4) is 28.8 Å². The molecule has 0 atom stereocenters. The molecule has 5 nitrogen and oxygen atoms in total. The highest BCUT2D eigenvalue weighted by molar-refractivity contribution is 6.30. The molecule has 1 aromatic heterocycles. The molecule has 1 heterocycles. The van der Waals surface area contributed by atoms with Gasteiger partial charge in [0.2, 0.25) is 0 Å². The predicted molar refractivity (Wildman–Crippen MR) is 78.1 cm³/mol. The van der Waals surface area contributed by atoms with Crippen molar-refractivity contribution < 1.29 is 4.74 Å². The monoisotopic (exact) mass is 296 g/mol. The summed E-state index contributed by atoms with van der Waals surface area (Å²) in [6.07, 6.45) is 0. The van der Waals surface area contributed by atoms with Gasteiger partial charge in [-0.05, 0) is 48.5 Å². The van der Waals surface area contributed by atoms with Crippen molar-refractivity contribution in [1.29, 1.82) is 5.26 Å². The van der Waals surface area contributed by atoms with Crippen LogP contribution >= 0.6 is 11.6 Å². The van der Waals surface area contributed by atoms with E-state index in [1.54, 1.807) is 36.4 Å². The third kappa shape index (κ3) is 2.86. The molecular formula is C15H9ClN4O. The first kappa shape index (κ1) is 13.2. The zero-order chi connectivity index (χ0) is 14.7. The minimum Gasteiger partial charge on any atom is -0.457 e. The molecule has 0 unspecified atom stereocenters. The number of benzene rings is 2. The maximum absolute atomic E-state index is 8.94. The Hall–Kier alpha value is -2.84. The van der Waals surface area contributed by atoms with Gasteiger partial charge in [0, 0.05) is 10.6 Å². The molecule has 0 aliphatic rings. The van der Waals surface area contributed by atoms with Crippen molar-refractivity contribution in [2.24, 2.45) is 0 Å². The fourth-order valence-corrected chi connectivity index (χ4v) is 1.95. The minimum absolute atomic E-state index is 0.335. The summed E-state index contributed by atoms with van der Waals surface area (Å²) >= 11 is 5.82. The predicted octanol–water partition coefficient (Wildman–Crippen LogP) is 3.79. The van der Waals surface area contributed by atoms with Crippen LogP contribution in [0.4, 0.5) is 0 Å². The molecule has 1 N–H and O–H groups in total. The summed E-state index contributed by atoms with van der Waals surface area (Å²) < 4.78 is 5.69. The van der Waals surface area contributed by atoms with E-state index in [0.717, 1.165) is 5.56 Å². The third-order valence-corrected chi connectivity index (χ3v) is 3.09. The largest absolute Gasteiger partial charge is 0.457 e. The van der Waals surface area contributed by atoms with Crippen molar-refractivity contribution in [2.45, 2.75) is 0 Å². The quantitative estimate of drug-likeness (QED) is 0.798. The van der Waals surface area contributed by atoms with Gasteiger partial charge in [0.1, 0.15) is 23.3 Å². The van der Waals surface area contributed by atoms with Crippen molar-refractivity contribution in [2.75, 3.05) is 0 Å². The van der Waals surface area contributed by atoms with Gasteiger partial charge in [0.25, 0.3) is 0 Å². The van der Waals surface area contributed by atoms with Crippen molar-refractivity contribution in [3.63, 3.8) is 0 Å². The molecule has 0 saturated carbocycles. The van der Waals surface area contributed by atoms with Crippen LogP contribution in [0, 0.1) is 11.3 Å². The number of H-pyrrole nitrogens is 1. The Labute approximate surface area is 125 Å². The maximum Gasteiger partial charge on any atom is 0.163 e. The highest BCUT2D eigenvalue weighted by Crippen LogP contribution is 2.26. The van der Waals surface area contributed by atoms with Crippen LogP contribution in [0.1, 0.15) is 5.69 Å². The molecule has 3 rings (SSSR count). The summed E-state index contributed by atoms with van der Waals surface area (Å²) in [6, 6.07) is 16.4. The van der Waals surface area contributed by atoms with E-state index in [1.807, 2.05) is 18.2 Å². The summed E-state index contributed by atoms with van der Waals surface area (Å²) in [5.74, 6) is 1.38. The Morgan fingerprint density at radius 3 is 2.24 bits per heavy atom. The SMILES string of the molecule is N#Cc1[nH]nnc1-c1ccc(Oc2ccc(Cl)cc2)cc1. The molecule has 0 saturated heterocycles. The number of hydrogen-bond donors (Lipinski definition) is 1. The number of aromatic amines is 1. The van der Waals surface area contributed by atoms with Gasteiger partial charge in [0.05, 0.1) is 0 Å². The van der Waals surface area contributed by atoms with E-state index < -0.39 is 0 Å². The lowest BCUT2D eigenvalue weighted by molar-refractivity contribution is 0.483. The van der Waals surface area contributed by atoms with Crippen LogP contribution in [0.3, 0.4) is 0 Å². The van der Waals surface area contributed by atoms with Crippen LogP contribution in [0.2, 0.25) is 5.02 Å². The minimum atomic E-state index is 0.335. The number of nitrogens with zero attached hydrogens (tertiary/aromatic N) is 3. The van der Waals surface area contributed by atoms with Crippen LogP contribution < -0.4 is 4.74 Å². The van der Waals surface area contributed by atoms with Gasteiger partial charge in [-0.2, -0.15) is 5.26 Å². The third-order valence-electron chi connectivity index (χ3n) is 2.84. The molecule has 0 aliphatic heterocycles. The van der Waals surface area contributed by atoms with Crippen LogP contribution in [0.15, 0.2) is 48.5 Å². The topological polar surface area (TPSA) is 74.6 Å². The molecule has 3 aromatic rings. The normalized spacial score (nSPS) is 10.1. The standard InChI is InChI=1S/C15H9ClN4O/c16-11-3-7-13(8-4-11)21-12-5-1-10(2-6-12)15-14(9-17)18-20-19-15/h1-8H,(H,18,19,20). The molecule has 6 heteroatoms. The lowest BCUT2D eigenvalue weighted by Crippen LogP contribution is -1.86. The smallest absolute Gasteiger partial charge is 0.163 e. The van der Waals surface area contributed by atoms with Gasteiger partial charge in [-0.25, -0.2) is 5.10 Å². The van der Waals surface area contributed by atoms with E-state index in [9.17, 15) is 0 Å². The van der Waals surface area contributed by atoms with Gasteiger partial charge < -0.3 is 4.74 Å². The second kappa shape index (κ2) is 5.65. The average Bonchev–Trinajstić information content (AvgIpc) is 2.99. The molecule has 0 amide bonds. The zero-order valence-corrected chi connectivity index (χ0v) is 11.5. The van der Waals surface area contributed by atoms with Crippen LogP contribution in [-0.2, 0) is 0 Å². The Bertz CT molecular complexity index is 788. The van der Waals surface area contributed by atoms with Gasteiger partial charge >= 0.3 is 0 Å². The second-order valence-electron chi connectivity index (χ2n) is 4.23. The molecule has 0 bridgehead atoms. The van der Waals surface area contributed by atoms with Gasteiger partial charge in [-0.1, -0.05) is 16.8 Å². The Kier molecular flexibility index (Phi) is 3.54. The number of ether oxygens (including phenoxy) is 1. The molecule has 21 heavy (non-hydrogen) atoms. The highest BCUT2D eigenvalue weighted by Gasteiger charge is 2.09. The summed E-state index contributed by atoms with van der Waals surface area (Å²) in [4.78, 5) is 0. The molecule has 0 aliphatic carbocycles. The molecule has 2 aromatic carbocycles. The lowest BCUT2D eigenvalue weighted by atomic mass is 10.1. The second-order valence-corrected chi connectivity index (χ2v) is 4.66. The Morgan fingerprint density at radius 1 is 1.00 bits per heavy atom. The van der Waals surface area contributed by atoms with E-state index in [1.165, 1.54) is 0 Å². The van der Waals surface area contributed by atoms with E-state index in [4.69, 9.17) is 21.6 Å². The van der Waals surface area contributed by atoms with E-state index in [2.05, 4.69) is 15.4 Å². The molecular weight excluding hydrogens is 288 g/mol. The average molecular weight is 297 g/mol. The van der Waals surface area contributed by atoms with Gasteiger partial charge in [0.15, 0.2) is 5.69 Å². The summed E-state index contributed by atoms with van der Waals surface area (Å²) in [7, 11) is 0. The van der Waals surface area contributed by atoms with Crippen LogP contribution in [0.25, 0.3) is 11.3 Å². The summed E-state index contributed by atoms with van der Waals surface area (Å²) in [5.41, 5.74) is 1.65. The molecule has 102 valence electrons. The van der Waals surface area contributed by atoms with E-state index in [0.29, 0.717) is 27.9 Å². The van der Waals surface area contributed by atoms with Crippen molar-refractivity contribution in [3.05, 3.63) is 59.2 Å². The fraction of sp³-hybridized carbons (Fsp3) is 0. The Balaban J connectivity index is 1.81. The van der Waals surface area contributed by atoms with E-state index >= 15 is 0 Å². The lowest BCUT2D eigenvalue weighted by Gasteiger charge is -2.06. The first-order chi connectivity index (χ1) is 10.3.